The molecule has 0 fully saturated rings. The van der Waals surface area contributed by atoms with Crippen molar-refractivity contribution in [2.75, 3.05) is 25.0 Å². The monoisotopic (exact) mass is 254 g/mol. The van der Waals surface area contributed by atoms with Crippen LogP contribution >= 0.6 is 0 Å². The summed E-state index contributed by atoms with van der Waals surface area (Å²) in [6.07, 6.45) is 0. The lowest BCUT2D eigenvalue weighted by atomic mass is 10.1. The Morgan fingerprint density at radius 2 is 1.94 bits per heavy atom. The number of halogens is 1. The van der Waals surface area contributed by atoms with Crippen LogP contribution < -0.4 is 15.4 Å². The lowest BCUT2D eigenvalue weighted by Gasteiger charge is -2.21. The quantitative estimate of drug-likeness (QED) is 0.766. The van der Waals surface area contributed by atoms with Gasteiger partial charge >= 0.3 is 0 Å². The number of benzene rings is 1. The predicted molar refractivity (Wildman–Crippen MR) is 73.8 cm³/mol. The summed E-state index contributed by atoms with van der Waals surface area (Å²) in [7, 11) is 0. The molecule has 0 unspecified atom stereocenters. The Kier molecular flexibility index (Phi) is 5.41. The average molecular weight is 254 g/mol. The smallest absolute Gasteiger partial charge is 0.145 e. The minimum atomic E-state index is -0.281. The molecule has 0 aromatic heterocycles. The predicted octanol–water partition coefficient (Wildman–Crippen LogP) is 3.02. The molecule has 2 N–H and O–H groups in total. The second-order valence-electron chi connectivity index (χ2n) is 5.18. The topological polar surface area (TPSA) is 33.3 Å². The van der Waals surface area contributed by atoms with E-state index in [2.05, 4.69) is 31.4 Å². The first-order chi connectivity index (χ1) is 8.42. The zero-order valence-corrected chi connectivity index (χ0v) is 11.6. The van der Waals surface area contributed by atoms with Crippen molar-refractivity contribution in [1.29, 1.82) is 0 Å². The molecule has 4 heteroatoms. The van der Waals surface area contributed by atoms with Gasteiger partial charge in [0.2, 0.25) is 0 Å². The molecule has 1 aromatic carbocycles. The third-order valence-electron chi connectivity index (χ3n) is 2.34. The Morgan fingerprint density at radius 1 is 1.22 bits per heavy atom. The van der Waals surface area contributed by atoms with Gasteiger partial charge in [0.15, 0.2) is 0 Å². The summed E-state index contributed by atoms with van der Waals surface area (Å²) in [6.45, 7) is 10.4. The number of anilines is 1. The third kappa shape index (κ3) is 5.36. The highest BCUT2D eigenvalue weighted by atomic mass is 19.1. The Hall–Kier alpha value is -1.29. The average Bonchev–Trinajstić information content (AvgIpc) is 2.26. The molecular formula is C14H23FN2O. The van der Waals surface area contributed by atoms with Gasteiger partial charge in [0.1, 0.15) is 11.6 Å². The molecule has 0 aliphatic rings. The van der Waals surface area contributed by atoms with E-state index in [4.69, 9.17) is 4.74 Å². The van der Waals surface area contributed by atoms with Crippen LogP contribution in [0, 0.1) is 5.82 Å². The molecule has 1 aromatic rings. The minimum absolute atomic E-state index is 0.104. The molecule has 18 heavy (non-hydrogen) atoms. The van der Waals surface area contributed by atoms with E-state index >= 15 is 0 Å². The van der Waals surface area contributed by atoms with Crippen molar-refractivity contribution in [2.45, 2.75) is 33.2 Å². The molecule has 0 aliphatic carbocycles. The fourth-order valence-electron chi connectivity index (χ4n) is 1.55. The SMILES string of the molecule is CCOc1cc(F)ccc1NCCNC(C)(C)C. The van der Waals surface area contributed by atoms with Crippen LogP contribution in [0.15, 0.2) is 18.2 Å². The van der Waals surface area contributed by atoms with E-state index in [-0.39, 0.29) is 11.4 Å². The molecule has 0 bridgehead atoms. The fourth-order valence-corrected chi connectivity index (χ4v) is 1.55. The van der Waals surface area contributed by atoms with Gasteiger partial charge in [-0.1, -0.05) is 0 Å². The number of hydrogen-bond acceptors (Lipinski definition) is 3. The second kappa shape index (κ2) is 6.59. The van der Waals surface area contributed by atoms with E-state index in [0.717, 1.165) is 18.8 Å². The summed E-state index contributed by atoms with van der Waals surface area (Å²) < 4.78 is 18.5. The van der Waals surface area contributed by atoms with Crippen LogP contribution in [-0.2, 0) is 0 Å². The minimum Gasteiger partial charge on any atom is -0.492 e. The Bertz CT molecular complexity index is 375. The molecule has 0 heterocycles. The van der Waals surface area contributed by atoms with E-state index in [0.29, 0.717) is 12.4 Å². The van der Waals surface area contributed by atoms with E-state index < -0.39 is 0 Å². The first kappa shape index (κ1) is 14.8. The van der Waals surface area contributed by atoms with E-state index in [1.807, 2.05) is 6.92 Å². The molecule has 0 atom stereocenters. The number of ether oxygens (including phenoxy) is 1. The van der Waals surface area contributed by atoms with Crippen LogP contribution in [-0.4, -0.2) is 25.2 Å². The van der Waals surface area contributed by atoms with Crippen molar-refractivity contribution in [3.05, 3.63) is 24.0 Å². The summed E-state index contributed by atoms with van der Waals surface area (Å²) >= 11 is 0. The first-order valence-corrected chi connectivity index (χ1v) is 6.33. The lowest BCUT2D eigenvalue weighted by molar-refractivity contribution is 0.339. The molecule has 0 aliphatic heterocycles. The fraction of sp³-hybridized carbons (Fsp3) is 0.571. The van der Waals surface area contributed by atoms with Gasteiger partial charge in [-0.05, 0) is 39.8 Å². The normalized spacial score (nSPS) is 11.4. The summed E-state index contributed by atoms with van der Waals surface area (Å²) in [5, 5.41) is 6.62. The highest BCUT2D eigenvalue weighted by Crippen LogP contribution is 2.25. The number of hydrogen-bond donors (Lipinski definition) is 2. The summed E-state index contributed by atoms with van der Waals surface area (Å²) in [4.78, 5) is 0. The van der Waals surface area contributed by atoms with Gasteiger partial charge in [-0.15, -0.1) is 0 Å². The number of nitrogens with one attached hydrogen (secondary N) is 2. The summed E-state index contributed by atoms with van der Waals surface area (Å²) in [6, 6.07) is 4.54. The highest BCUT2D eigenvalue weighted by Gasteiger charge is 2.08. The van der Waals surface area contributed by atoms with Gasteiger partial charge in [-0.3, -0.25) is 0 Å². The Labute approximate surface area is 109 Å². The van der Waals surface area contributed by atoms with Gasteiger partial charge in [0.25, 0.3) is 0 Å². The largest absolute Gasteiger partial charge is 0.492 e. The Morgan fingerprint density at radius 3 is 2.56 bits per heavy atom. The standard InChI is InChI=1S/C14H23FN2O/c1-5-18-13-10-11(15)6-7-12(13)16-8-9-17-14(2,3)4/h6-7,10,16-17H,5,8-9H2,1-4H3. The summed E-state index contributed by atoms with van der Waals surface area (Å²) in [5.41, 5.74) is 0.932. The molecule has 0 radical (unpaired) electrons. The van der Waals surface area contributed by atoms with Gasteiger partial charge in [0, 0.05) is 24.7 Å². The van der Waals surface area contributed by atoms with Crippen LogP contribution in [0.5, 0.6) is 5.75 Å². The highest BCUT2D eigenvalue weighted by molar-refractivity contribution is 5.56. The maximum atomic E-state index is 13.1. The zero-order chi connectivity index (χ0) is 13.6. The van der Waals surface area contributed by atoms with Crippen molar-refractivity contribution < 1.29 is 9.13 Å². The number of rotatable bonds is 6. The van der Waals surface area contributed by atoms with E-state index in [9.17, 15) is 4.39 Å². The van der Waals surface area contributed by atoms with Gasteiger partial charge in [-0.2, -0.15) is 0 Å². The molecule has 0 amide bonds. The van der Waals surface area contributed by atoms with Crippen molar-refractivity contribution in [3.8, 4) is 5.75 Å². The first-order valence-electron chi connectivity index (χ1n) is 6.33. The van der Waals surface area contributed by atoms with Gasteiger partial charge in [0.05, 0.1) is 12.3 Å². The molecular weight excluding hydrogens is 231 g/mol. The van der Waals surface area contributed by atoms with Gasteiger partial charge < -0.3 is 15.4 Å². The van der Waals surface area contributed by atoms with Crippen LogP contribution in [0.1, 0.15) is 27.7 Å². The Balaban J connectivity index is 2.51. The zero-order valence-electron chi connectivity index (χ0n) is 11.6. The van der Waals surface area contributed by atoms with Crippen LogP contribution in [0.2, 0.25) is 0 Å². The maximum Gasteiger partial charge on any atom is 0.145 e. The molecule has 1 rings (SSSR count). The molecule has 0 saturated carbocycles. The van der Waals surface area contributed by atoms with E-state index in [1.54, 1.807) is 6.07 Å². The van der Waals surface area contributed by atoms with Gasteiger partial charge in [-0.25, -0.2) is 4.39 Å². The van der Waals surface area contributed by atoms with Crippen molar-refractivity contribution in [3.63, 3.8) is 0 Å². The third-order valence-corrected chi connectivity index (χ3v) is 2.34. The van der Waals surface area contributed by atoms with Crippen molar-refractivity contribution >= 4 is 5.69 Å². The maximum absolute atomic E-state index is 13.1. The van der Waals surface area contributed by atoms with Crippen LogP contribution in [0.3, 0.4) is 0 Å². The molecule has 3 nitrogen and oxygen atoms in total. The van der Waals surface area contributed by atoms with Crippen molar-refractivity contribution in [2.24, 2.45) is 0 Å². The lowest BCUT2D eigenvalue weighted by Crippen LogP contribution is -2.38. The van der Waals surface area contributed by atoms with Crippen LogP contribution in [0.25, 0.3) is 0 Å². The molecule has 0 saturated heterocycles. The van der Waals surface area contributed by atoms with Crippen molar-refractivity contribution in [1.82, 2.24) is 5.32 Å². The van der Waals surface area contributed by atoms with Crippen LogP contribution in [0.4, 0.5) is 10.1 Å². The summed E-state index contributed by atoms with van der Waals surface area (Å²) in [5.74, 6) is 0.282. The molecule has 102 valence electrons. The second-order valence-corrected chi connectivity index (χ2v) is 5.18. The van der Waals surface area contributed by atoms with E-state index in [1.165, 1.54) is 12.1 Å². The molecule has 0 spiro atoms.